The van der Waals surface area contributed by atoms with E-state index in [2.05, 4.69) is 80.0 Å². The number of benzene rings is 1. The maximum absolute atomic E-state index is 6.27. The molecule has 0 amide bonds. The Hall–Kier alpha value is -0.170. The highest BCUT2D eigenvalue weighted by Crippen LogP contribution is 2.26. The number of rotatable bonds is 6. The molecular weight excluding hydrogens is 462 g/mol. The van der Waals surface area contributed by atoms with Crippen LogP contribution in [0.5, 0.6) is 0 Å². The zero-order valence-corrected chi connectivity index (χ0v) is 16.2. The Morgan fingerprint density at radius 1 is 1.33 bits per heavy atom. The fourth-order valence-corrected chi connectivity index (χ4v) is 3.10. The summed E-state index contributed by atoms with van der Waals surface area (Å²) in [6.45, 7) is 3.15. The van der Waals surface area contributed by atoms with Gasteiger partial charge in [-0.05, 0) is 87.2 Å². The fourth-order valence-electron chi connectivity index (χ4n) is 2.16. The molecule has 0 radical (unpaired) electrons. The van der Waals surface area contributed by atoms with Crippen molar-refractivity contribution in [2.75, 3.05) is 6.54 Å². The maximum Gasteiger partial charge on any atom is 0.0542 e. The molecule has 0 spiro atoms. The molecule has 1 heterocycles. The second-order valence-electron chi connectivity index (χ2n) is 4.90. The zero-order chi connectivity index (χ0) is 15.2. The summed E-state index contributed by atoms with van der Waals surface area (Å²) in [6, 6.07) is 8.63. The van der Waals surface area contributed by atoms with Crippen molar-refractivity contribution in [3.63, 3.8) is 0 Å². The summed E-state index contributed by atoms with van der Waals surface area (Å²) in [4.78, 5) is 4.24. The van der Waals surface area contributed by atoms with Gasteiger partial charge < -0.3 is 5.32 Å². The van der Waals surface area contributed by atoms with E-state index in [1.165, 1.54) is 11.1 Å². The first-order chi connectivity index (χ1) is 10.1. The van der Waals surface area contributed by atoms with Gasteiger partial charge in [-0.1, -0.05) is 24.6 Å². The van der Waals surface area contributed by atoms with E-state index < -0.39 is 0 Å². The third-order valence-corrected chi connectivity index (χ3v) is 5.19. The molecule has 0 saturated carbocycles. The summed E-state index contributed by atoms with van der Waals surface area (Å²) < 4.78 is 2.09. The van der Waals surface area contributed by atoms with Crippen LogP contribution < -0.4 is 5.32 Å². The molecule has 0 bridgehead atoms. The van der Waals surface area contributed by atoms with E-state index in [0.29, 0.717) is 0 Å². The summed E-state index contributed by atoms with van der Waals surface area (Å²) in [7, 11) is 0. The van der Waals surface area contributed by atoms with E-state index in [1.807, 2.05) is 6.20 Å². The van der Waals surface area contributed by atoms with Gasteiger partial charge in [-0.25, -0.2) is 0 Å². The molecule has 0 saturated heterocycles. The minimum Gasteiger partial charge on any atom is -0.310 e. The standard InChI is InChI=1S/C16H17BrClIN2/c1-2-5-21-16(7-11-6-13(17)10-20-9-11)12-3-4-15(19)14(18)8-12/h3-4,6,8-10,16,21H,2,5,7H2,1H3. The van der Waals surface area contributed by atoms with E-state index >= 15 is 0 Å². The van der Waals surface area contributed by atoms with Gasteiger partial charge in [0.05, 0.1) is 5.02 Å². The monoisotopic (exact) mass is 478 g/mol. The van der Waals surface area contributed by atoms with Gasteiger partial charge in [0, 0.05) is 26.5 Å². The summed E-state index contributed by atoms with van der Waals surface area (Å²) in [6.07, 6.45) is 5.72. The molecule has 21 heavy (non-hydrogen) atoms. The Labute approximate surface area is 153 Å². The van der Waals surface area contributed by atoms with E-state index in [1.54, 1.807) is 6.20 Å². The second-order valence-corrected chi connectivity index (χ2v) is 7.38. The Kier molecular flexibility index (Phi) is 6.92. The number of hydrogen-bond donors (Lipinski definition) is 1. The highest BCUT2D eigenvalue weighted by molar-refractivity contribution is 14.1. The highest BCUT2D eigenvalue weighted by atomic mass is 127. The lowest BCUT2D eigenvalue weighted by Gasteiger charge is -2.20. The molecule has 2 nitrogen and oxygen atoms in total. The van der Waals surface area contributed by atoms with Gasteiger partial charge in [0.1, 0.15) is 0 Å². The molecule has 1 aromatic heterocycles. The lowest BCUT2D eigenvalue weighted by molar-refractivity contribution is 0.528. The molecule has 0 aliphatic carbocycles. The Morgan fingerprint density at radius 2 is 2.14 bits per heavy atom. The van der Waals surface area contributed by atoms with Crippen LogP contribution in [0.15, 0.2) is 41.1 Å². The lowest BCUT2D eigenvalue weighted by atomic mass is 10.00. The van der Waals surface area contributed by atoms with Crippen LogP contribution in [0.25, 0.3) is 0 Å². The van der Waals surface area contributed by atoms with Gasteiger partial charge >= 0.3 is 0 Å². The van der Waals surface area contributed by atoms with Crippen LogP contribution >= 0.6 is 50.1 Å². The molecule has 5 heteroatoms. The number of aromatic nitrogens is 1. The Bertz CT molecular complexity index is 607. The number of nitrogens with zero attached hydrogens (tertiary/aromatic N) is 1. The highest BCUT2D eigenvalue weighted by Gasteiger charge is 2.13. The minimum atomic E-state index is 0.246. The van der Waals surface area contributed by atoms with Crippen LogP contribution in [-0.4, -0.2) is 11.5 Å². The Morgan fingerprint density at radius 3 is 2.81 bits per heavy atom. The average molecular weight is 480 g/mol. The van der Waals surface area contributed by atoms with E-state index in [9.17, 15) is 0 Å². The molecule has 112 valence electrons. The van der Waals surface area contributed by atoms with E-state index in [0.717, 1.165) is 32.5 Å². The van der Waals surface area contributed by atoms with Crippen molar-refractivity contribution >= 4 is 50.1 Å². The van der Waals surface area contributed by atoms with Crippen LogP contribution in [0, 0.1) is 3.57 Å². The molecule has 0 aliphatic rings. The maximum atomic E-state index is 6.27. The smallest absolute Gasteiger partial charge is 0.0542 e. The van der Waals surface area contributed by atoms with Crippen molar-refractivity contribution in [2.45, 2.75) is 25.8 Å². The molecule has 1 atom stereocenters. The quantitative estimate of drug-likeness (QED) is 0.563. The predicted octanol–water partition coefficient (Wildman–Crippen LogP) is 5.39. The van der Waals surface area contributed by atoms with Crippen LogP contribution in [0.1, 0.15) is 30.5 Å². The van der Waals surface area contributed by atoms with Gasteiger partial charge in [-0.2, -0.15) is 0 Å². The third-order valence-electron chi connectivity index (χ3n) is 3.19. The average Bonchev–Trinajstić information content (AvgIpc) is 2.46. The van der Waals surface area contributed by atoms with Gasteiger partial charge in [0.25, 0.3) is 0 Å². The van der Waals surface area contributed by atoms with Crippen molar-refractivity contribution in [1.29, 1.82) is 0 Å². The van der Waals surface area contributed by atoms with Crippen LogP contribution in [0.2, 0.25) is 5.02 Å². The van der Waals surface area contributed by atoms with Crippen molar-refractivity contribution in [2.24, 2.45) is 0 Å². The molecule has 0 fully saturated rings. The van der Waals surface area contributed by atoms with Gasteiger partial charge in [-0.15, -0.1) is 0 Å². The number of hydrogen-bond acceptors (Lipinski definition) is 2. The van der Waals surface area contributed by atoms with Gasteiger partial charge in [-0.3, -0.25) is 4.98 Å². The summed E-state index contributed by atoms with van der Waals surface area (Å²) >= 11 is 12.0. The number of pyridine rings is 1. The molecule has 1 N–H and O–H groups in total. The molecule has 2 aromatic rings. The number of halogens is 3. The first-order valence-electron chi connectivity index (χ1n) is 6.88. The minimum absolute atomic E-state index is 0.246. The van der Waals surface area contributed by atoms with Gasteiger partial charge in [0.15, 0.2) is 0 Å². The topological polar surface area (TPSA) is 24.9 Å². The fraction of sp³-hybridized carbons (Fsp3) is 0.312. The second kappa shape index (κ2) is 8.46. The molecular formula is C16H17BrClIN2. The van der Waals surface area contributed by atoms with E-state index in [-0.39, 0.29) is 6.04 Å². The summed E-state index contributed by atoms with van der Waals surface area (Å²) in [5.41, 5.74) is 2.42. The van der Waals surface area contributed by atoms with Gasteiger partial charge in [0.2, 0.25) is 0 Å². The van der Waals surface area contributed by atoms with Crippen molar-refractivity contribution in [3.8, 4) is 0 Å². The summed E-state index contributed by atoms with van der Waals surface area (Å²) in [5.74, 6) is 0. The molecule has 0 aliphatic heterocycles. The molecule has 2 rings (SSSR count). The van der Waals surface area contributed by atoms with E-state index in [4.69, 9.17) is 11.6 Å². The normalized spacial score (nSPS) is 12.4. The number of nitrogens with one attached hydrogen (secondary N) is 1. The molecule has 1 unspecified atom stereocenters. The third kappa shape index (κ3) is 5.20. The van der Waals surface area contributed by atoms with Crippen LogP contribution in [0.4, 0.5) is 0 Å². The van der Waals surface area contributed by atoms with Crippen LogP contribution in [0.3, 0.4) is 0 Å². The first-order valence-corrected chi connectivity index (χ1v) is 9.13. The first kappa shape index (κ1) is 17.2. The van der Waals surface area contributed by atoms with Crippen molar-refractivity contribution in [1.82, 2.24) is 10.3 Å². The zero-order valence-electron chi connectivity index (χ0n) is 11.7. The summed E-state index contributed by atoms with van der Waals surface area (Å²) in [5, 5.41) is 4.41. The van der Waals surface area contributed by atoms with Crippen molar-refractivity contribution in [3.05, 3.63) is 60.9 Å². The SMILES string of the molecule is CCCNC(Cc1cncc(Br)c1)c1ccc(I)c(Cl)c1. The molecule has 1 aromatic carbocycles. The lowest BCUT2D eigenvalue weighted by Crippen LogP contribution is -2.24. The Balaban J connectivity index is 2.22. The predicted molar refractivity (Wildman–Crippen MR) is 101 cm³/mol. The van der Waals surface area contributed by atoms with Crippen molar-refractivity contribution < 1.29 is 0 Å². The van der Waals surface area contributed by atoms with Crippen LogP contribution in [-0.2, 0) is 6.42 Å². The largest absolute Gasteiger partial charge is 0.310 e.